The normalized spacial score (nSPS) is 12.1. The van der Waals surface area contributed by atoms with Gasteiger partial charge in [-0.3, -0.25) is 0 Å². The second-order valence-corrected chi connectivity index (χ2v) is 9.83. The average molecular weight is 429 g/mol. The highest BCUT2D eigenvalue weighted by atomic mass is 32.2. The molecule has 0 bridgehead atoms. The molecule has 0 aliphatic heterocycles. The zero-order valence-corrected chi connectivity index (χ0v) is 17.6. The number of sulfonamides is 2. The van der Waals surface area contributed by atoms with Crippen LogP contribution < -0.4 is 14.2 Å². The summed E-state index contributed by atoms with van der Waals surface area (Å²) in [6.07, 6.45) is 0. The molecule has 0 aliphatic carbocycles. The summed E-state index contributed by atoms with van der Waals surface area (Å²) < 4.78 is 62.8. The molecule has 0 fully saturated rings. The predicted molar refractivity (Wildman–Crippen MR) is 106 cm³/mol. The number of ether oxygens (including phenoxy) is 2. The first-order valence-corrected chi connectivity index (χ1v) is 11.5. The van der Waals surface area contributed by atoms with Gasteiger partial charge < -0.3 is 9.47 Å². The second-order valence-electron chi connectivity index (χ2n) is 5.91. The van der Waals surface area contributed by atoms with E-state index >= 15 is 0 Å². The van der Waals surface area contributed by atoms with Gasteiger partial charge in [-0.1, -0.05) is 0 Å². The molecule has 2 rings (SSSR count). The summed E-state index contributed by atoms with van der Waals surface area (Å²) in [7, 11) is -4.24. The third kappa shape index (κ3) is 5.68. The van der Waals surface area contributed by atoms with Crippen LogP contribution in [0.4, 0.5) is 0 Å². The smallest absolute Gasteiger partial charge is 0.242 e. The Labute approximate surface area is 166 Å². The third-order valence-corrected chi connectivity index (χ3v) is 7.02. The van der Waals surface area contributed by atoms with Crippen molar-refractivity contribution in [3.63, 3.8) is 0 Å². The van der Waals surface area contributed by atoms with Gasteiger partial charge in [0.25, 0.3) is 0 Å². The number of rotatable bonds is 10. The van der Waals surface area contributed by atoms with E-state index in [9.17, 15) is 16.8 Å². The van der Waals surface area contributed by atoms with Gasteiger partial charge in [0.2, 0.25) is 20.0 Å². The molecule has 0 amide bonds. The van der Waals surface area contributed by atoms with Crippen molar-refractivity contribution in [2.75, 3.05) is 33.9 Å². The third-order valence-electron chi connectivity index (χ3n) is 3.71. The van der Waals surface area contributed by atoms with Crippen LogP contribution in [-0.2, 0) is 20.0 Å². The topological polar surface area (TPSA) is 102 Å². The van der Waals surface area contributed by atoms with E-state index in [2.05, 4.69) is 4.72 Å². The van der Waals surface area contributed by atoms with Gasteiger partial charge in [-0.2, -0.15) is 0 Å². The summed E-state index contributed by atoms with van der Waals surface area (Å²) in [6, 6.07) is 12.1. The largest absolute Gasteiger partial charge is 0.494 e. The zero-order chi connectivity index (χ0) is 20.8. The second kappa shape index (κ2) is 9.37. The minimum atomic E-state index is -3.65. The Morgan fingerprint density at radius 1 is 0.821 bits per heavy atom. The Hall–Kier alpha value is -2.14. The van der Waals surface area contributed by atoms with Gasteiger partial charge in [-0.25, -0.2) is 25.9 Å². The lowest BCUT2D eigenvalue weighted by Crippen LogP contribution is -2.28. The first-order valence-electron chi connectivity index (χ1n) is 8.55. The van der Waals surface area contributed by atoms with E-state index in [0.29, 0.717) is 18.1 Å². The number of benzene rings is 2. The fraction of sp³-hybridized carbons (Fsp3) is 0.333. The van der Waals surface area contributed by atoms with E-state index in [1.807, 2.05) is 6.92 Å². The molecule has 0 saturated carbocycles. The standard InChI is InChI=1S/C18H24N2O6S2/c1-4-25-15-5-9-17(10-6-15)27(21,22)19-13-14-26-16-7-11-18(12-8-16)28(23,24)20(2)3/h5-12,19H,4,13-14H2,1-3H3. The Kier molecular flexibility index (Phi) is 7.41. The maximum Gasteiger partial charge on any atom is 0.242 e. The lowest BCUT2D eigenvalue weighted by Gasteiger charge is -2.12. The minimum absolute atomic E-state index is 0.0628. The molecule has 0 spiro atoms. The van der Waals surface area contributed by atoms with E-state index in [0.717, 1.165) is 4.31 Å². The van der Waals surface area contributed by atoms with Crippen molar-refractivity contribution in [3.8, 4) is 11.5 Å². The first kappa shape index (κ1) is 22.2. The van der Waals surface area contributed by atoms with Gasteiger partial charge in [0.05, 0.1) is 16.4 Å². The highest BCUT2D eigenvalue weighted by molar-refractivity contribution is 7.89. The summed E-state index contributed by atoms with van der Waals surface area (Å²) in [5, 5.41) is 0. The number of nitrogens with zero attached hydrogens (tertiary/aromatic N) is 1. The summed E-state index contributed by atoms with van der Waals surface area (Å²) in [5.74, 6) is 1.04. The molecule has 0 aliphatic rings. The molecule has 8 nitrogen and oxygen atoms in total. The molecule has 2 aromatic carbocycles. The van der Waals surface area contributed by atoms with Crippen molar-refractivity contribution in [2.45, 2.75) is 16.7 Å². The SMILES string of the molecule is CCOc1ccc(S(=O)(=O)NCCOc2ccc(S(=O)(=O)N(C)C)cc2)cc1. The summed E-state index contributed by atoms with van der Waals surface area (Å²) in [4.78, 5) is 0.287. The molecule has 0 heterocycles. The highest BCUT2D eigenvalue weighted by Gasteiger charge is 2.17. The highest BCUT2D eigenvalue weighted by Crippen LogP contribution is 2.18. The van der Waals surface area contributed by atoms with Crippen molar-refractivity contribution in [2.24, 2.45) is 0 Å². The fourth-order valence-corrected chi connectivity index (χ4v) is 4.14. The molecule has 0 radical (unpaired) electrons. The van der Waals surface area contributed by atoms with Crippen LogP contribution in [0.5, 0.6) is 11.5 Å². The maximum absolute atomic E-state index is 12.3. The monoisotopic (exact) mass is 428 g/mol. The molecular weight excluding hydrogens is 404 g/mol. The van der Waals surface area contributed by atoms with Crippen molar-refractivity contribution in [1.82, 2.24) is 9.03 Å². The van der Waals surface area contributed by atoms with Crippen molar-refractivity contribution in [3.05, 3.63) is 48.5 Å². The van der Waals surface area contributed by atoms with E-state index in [1.54, 1.807) is 12.1 Å². The van der Waals surface area contributed by atoms with Crippen molar-refractivity contribution in [1.29, 1.82) is 0 Å². The van der Waals surface area contributed by atoms with Gasteiger partial charge in [0, 0.05) is 20.6 Å². The summed E-state index contributed by atoms with van der Waals surface area (Å²) in [6.45, 7) is 2.51. The predicted octanol–water partition coefficient (Wildman–Crippen LogP) is 1.69. The van der Waals surface area contributed by atoms with E-state index in [-0.39, 0.29) is 22.9 Å². The molecule has 0 saturated heterocycles. The molecule has 0 atom stereocenters. The van der Waals surface area contributed by atoms with Crippen LogP contribution in [0.2, 0.25) is 0 Å². The summed E-state index contributed by atoms with van der Waals surface area (Å²) in [5.41, 5.74) is 0. The van der Waals surface area contributed by atoms with Gasteiger partial charge in [-0.05, 0) is 55.5 Å². The molecule has 10 heteroatoms. The van der Waals surface area contributed by atoms with Gasteiger partial charge in [-0.15, -0.1) is 0 Å². The average Bonchev–Trinajstić information content (AvgIpc) is 2.66. The van der Waals surface area contributed by atoms with E-state index in [1.165, 1.54) is 50.5 Å². The molecule has 0 aromatic heterocycles. The Balaban J connectivity index is 1.88. The van der Waals surface area contributed by atoms with Gasteiger partial charge in [0.1, 0.15) is 18.1 Å². The van der Waals surface area contributed by atoms with Gasteiger partial charge in [0.15, 0.2) is 0 Å². The van der Waals surface area contributed by atoms with Crippen molar-refractivity contribution < 1.29 is 26.3 Å². The van der Waals surface area contributed by atoms with E-state index in [4.69, 9.17) is 9.47 Å². The van der Waals surface area contributed by atoms with Gasteiger partial charge >= 0.3 is 0 Å². The first-order chi connectivity index (χ1) is 13.2. The number of hydrogen-bond acceptors (Lipinski definition) is 6. The van der Waals surface area contributed by atoms with Crippen LogP contribution >= 0.6 is 0 Å². The van der Waals surface area contributed by atoms with Crippen LogP contribution in [-0.4, -0.2) is 55.0 Å². The number of hydrogen-bond donors (Lipinski definition) is 1. The lowest BCUT2D eigenvalue weighted by atomic mass is 10.3. The Morgan fingerprint density at radius 2 is 1.32 bits per heavy atom. The molecule has 28 heavy (non-hydrogen) atoms. The molecular formula is C18H24N2O6S2. The van der Waals surface area contributed by atoms with Crippen LogP contribution in [0.1, 0.15) is 6.92 Å². The quantitative estimate of drug-likeness (QED) is 0.578. The molecule has 2 aromatic rings. The summed E-state index contributed by atoms with van der Waals surface area (Å²) >= 11 is 0. The zero-order valence-electron chi connectivity index (χ0n) is 16.0. The molecule has 154 valence electrons. The lowest BCUT2D eigenvalue weighted by molar-refractivity contribution is 0.322. The van der Waals surface area contributed by atoms with Crippen molar-refractivity contribution >= 4 is 20.0 Å². The van der Waals surface area contributed by atoms with Crippen LogP contribution in [0, 0.1) is 0 Å². The van der Waals surface area contributed by atoms with E-state index < -0.39 is 20.0 Å². The molecule has 1 N–H and O–H groups in total. The van der Waals surface area contributed by atoms with Crippen LogP contribution in [0.3, 0.4) is 0 Å². The molecule has 0 unspecified atom stereocenters. The Morgan fingerprint density at radius 3 is 1.82 bits per heavy atom. The Bertz CT molecular complexity index is 970. The fourth-order valence-electron chi connectivity index (χ4n) is 2.23. The van der Waals surface area contributed by atoms with Crippen LogP contribution in [0.15, 0.2) is 58.3 Å². The minimum Gasteiger partial charge on any atom is -0.494 e. The van der Waals surface area contributed by atoms with Crippen LogP contribution in [0.25, 0.3) is 0 Å². The maximum atomic E-state index is 12.3. The number of nitrogens with one attached hydrogen (secondary N) is 1.